The van der Waals surface area contributed by atoms with Gasteiger partial charge in [-0.3, -0.25) is 4.79 Å². The first-order valence-corrected chi connectivity index (χ1v) is 7.01. The van der Waals surface area contributed by atoms with Gasteiger partial charge in [-0.1, -0.05) is 23.2 Å². The summed E-state index contributed by atoms with van der Waals surface area (Å²) in [5, 5.41) is 17.9. The van der Waals surface area contributed by atoms with Crippen LogP contribution in [-0.2, 0) is 4.79 Å². The summed E-state index contributed by atoms with van der Waals surface area (Å²) in [5.74, 6) is -0.675. The van der Waals surface area contributed by atoms with E-state index >= 15 is 0 Å². The molecule has 2 aromatic rings. The van der Waals surface area contributed by atoms with Crippen molar-refractivity contribution >= 4 is 40.6 Å². The maximum Gasteiger partial charge on any atom is 0.390 e. The fraction of sp³-hybridized carbons (Fsp3) is 0.231. The van der Waals surface area contributed by atoms with Crippen molar-refractivity contribution in [3.8, 4) is 0 Å². The number of carbonyl (C=O) groups is 1. The van der Waals surface area contributed by atoms with Crippen LogP contribution in [0.5, 0.6) is 0 Å². The van der Waals surface area contributed by atoms with Crippen LogP contribution in [0, 0.1) is 17.0 Å². The molecular formula is C13H12Cl2N4O3. The van der Waals surface area contributed by atoms with Gasteiger partial charge in [0.15, 0.2) is 0 Å². The lowest BCUT2D eigenvalue weighted by Gasteiger charge is -2.12. The monoisotopic (exact) mass is 342 g/mol. The van der Waals surface area contributed by atoms with Crippen LogP contribution in [-0.4, -0.2) is 20.6 Å². The largest absolute Gasteiger partial charge is 0.390 e. The molecule has 0 bridgehead atoms. The summed E-state index contributed by atoms with van der Waals surface area (Å²) in [7, 11) is 0. The van der Waals surface area contributed by atoms with Gasteiger partial charge in [-0.05, 0) is 37.0 Å². The van der Waals surface area contributed by atoms with E-state index in [1.54, 1.807) is 26.0 Å². The Balaban J connectivity index is 2.18. The molecule has 1 unspecified atom stereocenters. The molecule has 0 saturated heterocycles. The van der Waals surface area contributed by atoms with Crippen molar-refractivity contribution < 1.29 is 9.72 Å². The van der Waals surface area contributed by atoms with E-state index in [0.29, 0.717) is 21.4 Å². The summed E-state index contributed by atoms with van der Waals surface area (Å²) in [5.41, 5.74) is 0.994. The fourth-order valence-electron chi connectivity index (χ4n) is 1.88. The summed E-state index contributed by atoms with van der Waals surface area (Å²) in [6.45, 7) is 3.24. The number of nitrogens with one attached hydrogen (secondary N) is 1. The van der Waals surface area contributed by atoms with Crippen molar-refractivity contribution in [2.24, 2.45) is 0 Å². The molecule has 0 radical (unpaired) electrons. The van der Waals surface area contributed by atoms with Crippen molar-refractivity contribution in [3.63, 3.8) is 0 Å². The molecule has 1 aromatic carbocycles. The van der Waals surface area contributed by atoms with Crippen LogP contribution in [0.4, 0.5) is 11.5 Å². The molecule has 0 spiro atoms. The van der Waals surface area contributed by atoms with Gasteiger partial charge in [-0.15, -0.1) is 0 Å². The topological polar surface area (TPSA) is 90.1 Å². The van der Waals surface area contributed by atoms with Crippen molar-refractivity contribution in [3.05, 3.63) is 50.1 Å². The van der Waals surface area contributed by atoms with Gasteiger partial charge in [-0.25, -0.2) is 0 Å². The van der Waals surface area contributed by atoms with Crippen LogP contribution in [0.1, 0.15) is 18.7 Å². The van der Waals surface area contributed by atoms with Crippen LogP contribution in [0.15, 0.2) is 24.3 Å². The number of aryl methyl sites for hydroxylation is 1. The highest BCUT2D eigenvalue weighted by molar-refractivity contribution is 6.42. The number of carbonyl (C=O) groups excluding carboxylic acids is 1. The van der Waals surface area contributed by atoms with E-state index < -0.39 is 11.0 Å². The molecule has 1 atom stereocenters. The van der Waals surface area contributed by atoms with E-state index in [0.717, 1.165) is 0 Å². The highest BCUT2D eigenvalue weighted by Gasteiger charge is 2.24. The molecule has 0 aliphatic rings. The molecule has 1 amide bonds. The Morgan fingerprint density at radius 2 is 2.05 bits per heavy atom. The average Bonchev–Trinajstić information content (AvgIpc) is 2.84. The molecule has 1 heterocycles. The van der Waals surface area contributed by atoms with Crippen molar-refractivity contribution in [2.45, 2.75) is 19.9 Å². The van der Waals surface area contributed by atoms with Crippen LogP contribution in [0.2, 0.25) is 10.0 Å². The van der Waals surface area contributed by atoms with Crippen LogP contribution >= 0.6 is 23.2 Å². The SMILES string of the molecule is Cc1cc([N+](=O)[O-])nn1C(C)C(=O)Nc1ccc(Cl)c(Cl)c1. The molecule has 2 rings (SSSR count). The molecule has 1 aromatic heterocycles. The maximum absolute atomic E-state index is 12.2. The fourth-order valence-corrected chi connectivity index (χ4v) is 2.18. The zero-order chi connectivity index (χ0) is 16.4. The van der Waals surface area contributed by atoms with Crippen molar-refractivity contribution in [2.75, 3.05) is 5.32 Å². The normalized spacial score (nSPS) is 12.0. The van der Waals surface area contributed by atoms with Gasteiger partial charge < -0.3 is 15.4 Å². The summed E-state index contributed by atoms with van der Waals surface area (Å²) in [4.78, 5) is 22.3. The predicted molar refractivity (Wildman–Crippen MR) is 83.4 cm³/mol. The Labute approximate surface area is 136 Å². The van der Waals surface area contributed by atoms with E-state index in [4.69, 9.17) is 23.2 Å². The van der Waals surface area contributed by atoms with Gasteiger partial charge in [-0.2, -0.15) is 4.68 Å². The Kier molecular flexibility index (Phi) is 4.68. The first-order chi connectivity index (χ1) is 10.3. The molecule has 0 aliphatic carbocycles. The summed E-state index contributed by atoms with van der Waals surface area (Å²) < 4.78 is 1.30. The first kappa shape index (κ1) is 16.3. The number of nitrogens with zero attached hydrogens (tertiary/aromatic N) is 3. The minimum atomic E-state index is -0.719. The first-order valence-electron chi connectivity index (χ1n) is 6.26. The number of halogens is 2. The second-order valence-electron chi connectivity index (χ2n) is 4.64. The highest BCUT2D eigenvalue weighted by Crippen LogP contribution is 2.25. The van der Waals surface area contributed by atoms with Gasteiger partial charge >= 0.3 is 5.82 Å². The summed E-state index contributed by atoms with van der Waals surface area (Å²) >= 11 is 11.7. The van der Waals surface area contributed by atoms with E-state index in [-0.39, 0.29) is 11.7 Å². The maximum atomic E-state index is 12.2. The quantitative estimate of drug-likeness (QED) is 0.678. The van der Waals surface area contributed by atoms with E-state index in [9.17, 15) is 14.9 Å². The van der Waals surface area contributed by atoms with Crippen molar-refractivity contribution in [1.29, 1.82) is 0 Å². The lowest BCUT2D eigenvalue weighted by Crippen LogP contribution is -2.25. The predicted octanol–water partition coefficient (Wildman–Crippen LogP) is 3.61. The molecule has 22 heavy (non-hydrogen) atoms. The number of aromatic nitrogens is 2. The minimum Gasteiger partial charge on any atom is -0.358 e. The van der Waals surface area contributed by atoms with Gasteiger partial charge in [0.1, 0.15) is 6.04 Å². The molecule has 9 heteroatoms. The number of hydrogen-bond donors (Lipinski definition) is 1. The lowest BCUT2D eigenvalue weighted by atomic mass is 10.2. The summed E-state index contributed by atoms with van der Waals surface area (Å²) in [6.07, 6.45) is 0. The third-order valence-corrected chi connectivity index (χ3v) is 3.77. The number of anilines is 1. The van der Waals surface area contributed by atoms with Crippen molar-refractivity contribution in [1.82, 2.24) is 9.78 Å². The lowest BCUT2D eigenvalue weighted by molar-refractivity contribution is -0.389. The number of amides is 1. The zero-order valence-corrected chi connectivity index (χ0v) is 13.2. The van der Waals surface area contributed by atoms with Gasteiger partial charge in [0, 0.05) is 5.69 Å². The van der Waals surface area contributed by atoms with E-state index in [2.05, 4.69) is 10.4 Å². The van der Waals surface area contributed by atoms with E-state index in [1.807, 2.05) is 0 Å². The Morgan fingerprint density at radius 3 is 2.59 bits per heavy atom. The number of benzene rings is 1. The molecule has 116 valence electrons. The van der Waals surface area contributed by atoms with E-state index in [1.165, 1.54) is 16.8 Å². The second-order valence-corrected chi connectivity index (χ2v) is 5.45. The van der Waals surface area contributed by atoms with Crippen LogP contribution in [0.25, 0.3) is 0 Å². The molecule has 0 saturated carbocycles. The Bertz CT molecular complexity index is 745. The molecule has 1 N–H and O–H groups in total. The highest BCUT2D eigenvalue weighted by atomic mass is 35.5. The number of hydrogen-bond acceptors (Lipinski definition) is 4. The number of rotatable bonds is 4. The number of nitro groups is 1. The third-order valence-electron chi connectivity index (χ3n) is 3.03. The Hall–Kier alpha value is -2.12. The average molecular weight is 343 g/mol. The molecule has 0 aliphatic heterocycles. The molecule has 7 nitrogen and oxygen atoms in total. The minimum absolute atomic E-state index is 0.299. The second kappa shape index (κ2) is 6.33. The van der Waals surface area contributed by atoms with Gasteiger partial charge in [0.25, 0.3) is 5.91 Å². The van der Waals surface area contributed by atoms with Crippen LogP contribution in [0.3, 0.4) is 0 Å². The standard InChI is InChI=1S/C13H12Cl2N4O3/c1-7-5-12(19(21)22)17-18(7)8(2)13(20)16-9-3-4-10(14)11(15)6-9/h3-6,8H,1-2H3,(H,16,20). The van der Waals surface area contributed by atoms with Crippen LogP contribution < -0.4 is 5.32 Å². The Morgan fingerprint density at radius 1 is 1.36 bits per heavy atom. The van der Waals surface area contributed by atoms with Gasteiger partial charge in [0.2, 0.25) is 0 Å². The molecular weight excluding hydrogens is 331 g/mol. The van der Waals surface area contributed by atoms with Gasteiger partial charge in [0.05, 0.1) is 26.9 Å². The zero-order valence-electron chi connectivity index (χ0n) is 11.7. The third kappa shape index (κ3) is 3.37. The summed E-state index contributed by atoms with van der Waals surface area (Å²) in [6, 6.07) is 5.28. The molecule has 0 fully saturated rings. The smallest absolute Gasteiger partial charge is 0.358 e.